The van der Waals surface area contributed by atoms with Gasteiger partial charge in [0.2, 0.25) is 0 Å². The average molecular weight is 324 g/mol. The summed E-state index contributed by atoms with van der Waals surface area (Å²) < 4.78 is 28.2. The molecule has 2 rings (SSSR count). The van der Waals surface area contributed by atoms with Gasteiger partial charge in [0, 0.05) is 17.0 Å². The fraction of sp³-hybridized carbons (Fsp3) is 0.0769. The molecule has 8 heteroatoms. The molecule has 21 heavy (non-hydrogen) atoms. The van der Waals surface area contributed by atoms with E-state index in [1.807, 2.05) is 18.2 Å². The van der Waals surface area contributed by atoms with Crippen molar-refractivity contribution in [2.24, 2.45) is 3.77 Å². The average Bonchev–Trinajstić information content (AvgIpc) is 2.48. The second kappa shape index (κ2) is 6.15. The van der Waals surface area contributed by atoms with Gasteiger partial charge in [0.1, 0.15) is 0 Å². The van der Waals surface area contributed by atoms with E-state index in [0.29, 0.717) is 0 Å². The van der Waals surface area contributed by atoms with Gasteiger partial charge in [0.25, 0.3) is 15.7 Å². The van der Waals surface area contributed by atoms with Crippen LogP contribution in [0, 0.1) is 10.1 Å². The molecule has 0 N–H and O–H groups in total. The quantitative estimate of drug-likeness (QED) is 0.639. The van der Waals surface area contributed by atoms with Gasteiger partial charge in [-0.2, -0.15) is 8.42 Å². The van der Waals surface area contributed by atoms with Gasteiger partial charge in [0.15, 0.2) is 0 Å². The van der Waals surface area contributed by atoms with Crippen LogP contribution in [0.2, 0.25) is 0 Å². The SMILES string of the molecule is C/S(=N\S(=O)(=O)c1ccc([N+](=O)[O-])cc1)c1ccccc1. The van der Waals surface area contributed by atoms with Crippen molar-refractivity contribution >= 4 is 26.4 Å². The van der Waals surface area contributed by atoms with E-state index in [4.69, 9.17) is 0 Å². The summed E-state index contributed by atoms with van der Waals surface area (Å²) in [6.45, 7) is 0. The number of nitro groups is 1. The maximum absolute atomic E-state index is 12.2. The Morgan fingerprint density at radius 1 is 1.05 bits per heavy atom. The van der Waals surface area contributed by atoms with Crippen molar-refractivity contribution in [2.45, 2.75) is 9.79 Å². The molecule has 2 aromatic rings. The highest BCUT2D eigenvalue weighted by Gasteiger charge is 2.15. The lowest BCUT2D eigenvalue weighted by atomic mass is 10.3. The largest absolute Gasteiger partial charge is 0.288 e. The van der Waals surface area contributed by atoms with Crippen LogP contribution in [0.5, 0.6) is 0 Å². The van der Waals surface area contributed by atoms with Crippen LogP contribution in [0.1, 0.15) is 0 Å². The molecule has 0 aromatic heterocycles. The monoisotopic (exact) mass is 324 g/mol. The first-order valence-corrected chi connectivity index (χ1v) is 8.87. The summed E-state index contributed by atoms with van der Waals surface area (Å²) in [4.78, 5) is 10.7. The van der Waals surface area contributed by atoms with E-state index in [9.17, 15) is 18.5 Å². The minimum atomic E-state index is -3.84. The molecule has 1 unspecified atom stereocenters. The Kier molecular flexibility index (Phi) is 4.49. The molecule has 0 saturated carbocycles. The van der Waals surface area contributed by atoms with Crippen LogP contribution < -0.4 is 0 Å². The third kappa shape index (κ3) is 3.73. The van der Waals surface area contributed by atoms with Gasteiger partial charge in [-0.25, -0.2) is 0 Å². The highest BCUT2D eigenvalue weighted by Crippen LogP contribution is 2.19. The lowest BCUT2D eigenvalue weighted by molar-refractivity contribution is -0.384. The van der Waals surface area contributed by atoms with Crippen molar-refractivity contribution in [3.8, 4) is 0 Å². The van der Waals surface area contributed by atoms with Crippen molar-refractivity contribution < 1.29 is 13.3 Å². The highest BCUT2D eigenvalue weighted by atomic mass is 32.3. The van der Waals surface area contributed by atoms with Crippen LogP contribution >= 0.6 is 0 Å². The summed E-state index contributed by atoms with van der Waals surface area (Å²) in [6.07, 6.45) is 1.71. The molecule has 110 valence electrons. The van der Waals surface area contributed by atoms with E-state index >= 15 is 0 Å². The van der Waals surface area contributed by atoms with Crippen molar-refractivity contribution in [2.75, 3.05) is 6.26 Å². The van der Waals surface area contributed by atoms with Gasteiger partial charge >= 0.3 is 0 Å². The molecule has 0 heterocycles. The first kappa shape index (κ1) is 15.3. The van der Waals surface area contributed by atoms with Crippen LogP contribution in [-0.4, -0.2) is 19.6 Å². The normalized spacial score (nSPS) is 13.0. The molecule has 0 aliphatic rings. The molecule has 0 spiro atoms. The Morgan fingerprint density at radius 3 is 2.14 bits per heavy atom. The molecule has 0 amide bonds. The molecule has 2 aromatic carbocycles. The van der Waals surface area contributed by atoms with E-state index in [-0.39, 0.29) is 10.6 Å². The molecular formula is C13H12N2O4S2. The van der Waals surface area contributed by atoms with Crippen LogP contribution in [0.15, 0.2) is 68.2 Å². The van der Waals surface area contributed by atoms with E-state index in [1.165, 1.54) is 12.1 Å². The molecule has 0 fully saturated rings. The third-order valence-corrected chi connectivity index (χ3v) is 6.14. The van der Waals surface area contributed by atoms with Crippen molar-refractivity contribution in [3.05, 3.63) is 64.7 Å². The van der Waals surface area contributed by atoms with Crippen LogP contribution in [0.3, 0.4) is 0 Å². The van der Waals surface area contributed by atoms with Gasteiger partial charge in [0.05, 0.1) is 9.82 Å². The summed E-state index contributed by atoms with van der Waals surface area (Å²) >= 11 is 0. The van der Waals surface area contributed by atoms with E-state index in [0.717, 1.165) is 17.0 Å². The number of sulfonamides is 1. The number of hydrogen-bond acceptors (Lipinski definition) is 4. The van der Waals surface area contributed by atoms with Crippen LogP contribution in [-0.2, 0) is 20.7 Å². The molecule has 0 bridgehead atoms. The summed E-state index contributed by atoms with van der Waals surface area (Å²) in [5.41, 5.74) is -0.160. The zero-order valence-electron chi connectivity index (χ0n) is 11.0. The summed E-state index contributed by atoms with van der Waals surface area (Å²) in [5, 5.41) is 10.6. The number of hydrogen-bond donors (Lipinski definition) is 0. The second-order valence-electron chi connectivity index (χ2n) is 4.09. The van der Waals surface area contributed by atoms with Gasteiger partial charge in [-0.15, -0.1) is 3.77 Å². The van der Waals surface area contributed by atoms with E-state index < -0.39 is 25.6 Å². The summed E-state index contributed by atoms with van der Waals surface area (Å²) in [7, 11) is -4.65. The maximum atomic E-state index is 12.2. The molecule has 0 aliphatic heterocycles. The van der Waals surface area contributed by atoms with E-state index in [1.54, 1.807) is 18.4 Å². The maximum Gasteiger partial charge on any atom is 0.288 e. The smallest absolute Gasteiger partial charge is 0.258 e. The Bertz CT molecular complexity index is 785. The fourth-order valence-corrected chi connectivity index (χ4v) is 4.49. The minimum Gasteiger partial charge on any atom is -0.258 e. The summed E-state index contributed by atoms with van der Waals surface area (Å²) in [5.74, 6) is 0. The molecular weight excluding hydrogens is 312 g/mol. The number of rotatable bonds is 4. The predicted molar refractivity (Wildman–Crippen MR) is 80.7 cm³/mol. The van der Waals surface area contributed by atoms with Crippen molar-refractivity contribution in [1.82, 2.24) is 0 Å². The van der Waals surface area contributed by atoms with Crippen molar-refractivity contribution in [1.29, 1.82) is 0 Å². The minimum absolute atomic E-state index is 0.0524. The Labute approximate surface area is 124 Å². The molecule has 0 radical (unpaired) electrons. The fourth-order valence-electron chi connectivity index (χ4n) is 1.59. The van der Waals surface area contributed by atoms with Gasteiger partial charge in [-0.1, -0.05) is 28.9 Å². The predicted octanol–water partition coefficient (Wildman–Crippen LogP) is 2.77. The zero-order chi connectivity index (χ0) is 15.5. The number of nitro benzene ring substituents is 1. The summed E-state index contributed by atoms with van der Waals surface area (Å²) in [6, 6.07) is 13.8. The second-order valence-corrected chi connectivity index (χ2v) is 7.54. The third-order valence-electron chi connectivity index (χ3n) is 2.64. The molecule has 6 nitrogen and oxygen atoms in total. The Morgan fingerprint density at radius 2 is 1.62 bits per heavy atom. The molecule has 0 aliphatic carbocycles. The van der Waals surface area contributed by atoms with Gasteiger partial charge in [-0.3, -0.25) is 10.1 Å². The Hall–Kier alpha value is -2.06. The number of benzene rings is 2. The van der Waals surface area contributed by atoms with Gasteiger partial charge < -0.3 is 0 Å². The lowest BCUT2D eigenvalue weighted by Gasteiger charge is -2.03. The Balaban J connectivity index is 2.36. The zero-order valence-corrected chi connectivity index (χ0v) is 12.7. The standard InChI is InChI=1S/C13H12N2O4S2/c1-20(12-5-3-2-4-6-12)14-21(18,19)13-9-7-11(8-10-13)15(16)17/h2-10H,1H3. The number of nitrogens with zero attached hydrogens (tertiary/aromatic N) is 2. The molecule has 0 saturated heterocycles. The first-order chi connectivity index (χ1) is 9.90. The molecule has 1 atom stereocenters. The number of non-ortho nitro benzene ring substituents is 1. The van der Waals surface area contributed by atoms with Crippen LogP contribution in [0.25, 0.3) is 0 Å². The topological polar surface area (TPSA) is 89.6 Å². The van der Waals surface area contributed by atoms with Crippen LogP contribution in [0.4, 0.5) is 5.69 Å². The first-order valence-electron chi connectivity index (χ1n) is 5.84. The van der Waals surface area contributed by atoms with Crippen molar-refractivity contribution in [3.63, 3.8) is 0 Å². The lowest BCUT2D eigenvalue weighted by Crippen LogP contribution is -2.00. The van der Waals surface area contributed by atoms with E-state index in [2.05, 4.69) is 3.77 Å². The van der Waals surface area contributed by atoms with Gasteiger partial charge in [-0.05, 0) is 30.5 Å². The highest BCUT2D eigenvalue weighted by molar-refractivity contribution is 7.99.